The Morgan fingerprint density at radius 1 is 1.47 bits per heavy atom. The molecular weight excluding hydrogens is 306 g/mol. The molecule has 0 aliphatic heterocycles. The van der Waals surface area contributed by atoms with Crippen LogP contribution in [0.3, 0.4) is 0 Å². The van der Waals surface area contributed by atoms with Crippen LogP contribution in [0.25, 0.3) is 0 Å². The fourth-order valence-electron chi connectivity index (χ4n) is 2.02. The molecule has 0 fully saturated rings. The van der Waals surface area contributed by atoms with Gasteiger partial charge >= 0.3 is 5.97 Å². The number of halogens is 1. The first-order valence-electron chi connectivity index (χ1n) is 6.57. The lowest BCUT2D eigenvalue weighted by Crippen LogP contribution is -2.32. The van der Waals surface area contributed by atoms with Gasteiger partial charge in [0.2, 0.25) is 0 Å². The molecule has 0 saturated carbocycles. The summed E-state index contributed by atoms with van der Waals surface area (Å²) in [5.41, 5.74) is 1.30. The van der Waals surface area contributed by atoms with E-state index in [4.69, 9.17) is 4.74 Å². The van der Waals surface area contributed by atoms with Crippen LogP contribution < -0.4 is 0 Å². The standard InChI is InChI=1S/C15H22BrNO2/c1-4-13(15(18)19-3)11-17(2)9-8-12-6-5-7-14(16)10-12/h5-7,10,13H,4,8-9,11H2,1-3H3. The van der Waals surface area contributed by atoms with Gasteiger partial charge in [-0.1, -0.05) is 35.0 Å². The van der Waals surface area contributed by atoms with Crippen molar-refractivity contribution in [2.24, 2.45) is 5.92 Å². The molecule has 1 aromatic carbocycles. The van der Waals surface area contributed by atoms with Crippen molar-refractivity contribution in [1.29, 1.82) is 0 Å². The second-order valence-electron chi connectivity index (χ2n) is 4.77. The number of methoxy groups -OCH3 is 1. The lowest BCUT2D eigenvalue weighted by Gasteiger charge is -2.21. The molecule has 0 saturated heterocycles. The number of carbonyl (C=O) groups is 1. The third kappa shape index (κ3) is 5.74. The molecule has 0 spiro atoms. The van der Waals surface area contributed by atoms with Gasteiger partial charge < -0.3 is 9.64 Å². The largest absolute Gasteiger partial charge is 0.469 e. The van der Waals surface area contributed by atoms with Crippen LogP contribution in [-0.4, -0.2) is 38.1 Å². The van der Waals surface area contributed by atoms with Gasteiger partial charge in [0.05, 0.1) is 13.0 Å². The van der Waals surface area contributed by atoms with Gasteiger partial charge in [-0.2, -0.15) is 0 Å². The van der Waals surface area contributed by atoms with Crippen LogP contribution in [0.2, 0.25) is 0 Å². The lowest BCUT2D eigenvalue weighted by molar-refractivity contribution is -0.146. The average molecular weight is 328 g/mol. The maximum absolute atomic E-state index is 11.5. The minimum absolute atomic E-state index is 0.0301. The maximum Gasteiger partial charge on any atom is 0.309 e. The van der Waals surface area contributed by atoms with Crippen LogP contribution in [0.5, 0.6) is 0 Å². The summed E-state index contributed by atoms with van der Waals surface area (Å²) in [5, 5.41) is 0. The van der Waals surface area contributed by atoms with Gasteiger partial charge in [-0.15, -0.1) is 0 Å². The molecule has 0 bridgehead atoms. The van der Waals surface area contributed by atoms with Crippen molar-refractivity contribution in [3.63, 3.8) is 0 Å². The van der Waals surface area contributed by atoms with Gasteiger partial charge in [-0.25, -0.2) is 0 Å². The quantitative estimate of drug-likeness (QED) is 0.720. The number of hydrogen-bond acceptors (Lipinski definition) is 3. The third-order valence-corrected chi connectivity index (χ3v) is 3.72. The van der Waals surface area contributed by atoms with E-state index in [2.05, 4.69) is 33.0 Å². The van der Waals surface area contributed by atoms with Crippen molar-refractivity contribution in [2.75, 3.05) is 27.2 Å². The van der Waals surface area contributed by atoms with Gasteiger partial charge in [0.25, 0.3) is 0 Å². The molecule has 0 radical (unpaired) electrons. The van der Waals surface area contributed by atoms with E-state index in [-0.39, 0.29) is 11.9 Å². The zero-order valence-electron chi connectivity index (χ0n) is 11.9. The fraction of sp³-hybridized carbons (Fsp3) is 0.533. The molecule has 0 amide bonds. The van der Waals surface area contributed by atoms with E-state index in [9.17, 15) is 4.79 Å². The van der Waals surface area contributed by atoms with Gasteiger partial charge in [0.15, 0.2) is 0 Å². The highest BCUT2D eigenvalue weighted by atomic mass is 79.9. The van der Waals surface area contributed by atoms with E-state index in [1.165, 1.54) is 12.7 Å². The number of benzene rings is 1. The minimum Gasteiger partial charge on any atom is -0.469 e. The van der Waals surface area contributed by atoms with Gasteiger partial charge in [0.1, 0.15) is 0 Å². The average Bonchev–Trinajstić information content (AvgIpc) is 2.41. The van der Waals surface area contributed by atoms with E-state index < -0.39 is 0 Å². The predicted molar refractivity (Wildman–Crippen MR) is 81.1 cm³/mol. The van der Waals surface area contributed by atoms with E-state index in [0.29, 0.717) is 0 Å². The van der Waals surface area contributed by atoms with Crippen LogP contribution in [0.15, 0.2) is 28.7 Å². The summed E-state index contributed by atoms with van der Waals surface area (Å²) in [5.74, 6) is -0.144. The van der Waals surface area contributed by atoms with Crippen molar-refractivity contribution in [3.05, 3.63) is 34.3 Å². The summed E-state index contributed by atoms with van der Waals surface area (Å²) in [7, 11) is 3.50. The molecule has 1 rings (SSSR count). The van der Waals surface area contributed by atoms with Crippen LogP contribution in [0, 0.1) is 5.92 Å². The van der Waals surface area contributed by atoms with Crippen molar-refractivity contribution in [2.45, 2.75) is 19.8 Å². The van der Waals surface area contributed by atoms with E-state index in [1.807, 2.05) is 26.1 Å². The summed E-state index contributed by atoms with van der Waals surface area (Å²) in [4.78, 5) is 13.7. The highest BCUT2D eigenvalue weighted by molar-refractivity contribution is 9.10. The Morgan fingerprint density at radius 3 is 2.79 bits per heavy atom. The summed E-state index contributed by atoms with van der Waals surface area (Å²) in [6.45, 7) is 3.70. The Kier molecular flexibility index (Phi) is 7.10. The fourth-order valence-corrected chi connectivity index (χ4v) is 2.46. The summed E-state index contributed by atoms with van der Waals surface area (Å²) in [6, 6.07) is 8.32. The zero-order chi connectivity index (χ0) is 14.3. The third-order valence-electron chi connectivity index (χ3n) is 3.23. The Morgan fingerprint density at radius 2 is 2.21 bits per heavy atom. The Hall–Kier alpha value is -0.870. The van der Waals surface area contributed by atoms with Gasteiger partial charge in [-0.3, -0.25) is 4.79 Å². The molecule has 1 aromatic rings. The van der Waals surface area contributed by atoms with E-state index in [0.717, 1.165) is 30.4 Å². The predicted octanol–water partition coefficient (Wildman–Crippen LogP) is 3.12. The monoisotopic (exact) mass is 327 g/mol. The zero-order valence-corrected chi connectivity index (χ0v) is 13.4. The molecule has 0 N–H and O–H groups in total. The van der Waals surface area contributed by atoms with Gasteiger partial charge in [0, 0.05) is 17.6 Å². The second-order valence-corrected chi connectivity index (χ2v) is 5.69. The Balaban J connectivity index is 2.42. The number of carbonyl (C=O) groups excluding carboxylic acids is 1. The van der Waals surface area contributed by atoms with Crippen molar-refractivity contribution in [1.82, 2.24) is 4.90 Å². The number of nitrogens with zero attached hydrogens (tertiary/aromatic N) is 1. The van der Waals surface area contributed by atoms with E-state index in [1.54, 1.807) is 0 Å². The summed E-state index contributed by atoms with van der Waals surface area (Å²) < 4.78 is 5.92. The normalized spacial score (nSPS) is 12.5. The number of likely N-dealkylation sites (N-methyl/N-ethyl adjacent to an activating group) is 1. The molecule has 0 aliphatic carbocycles. The van der Waals surface area contributed by atoms with Crippen LogP contribution in [0.4, 0.5) is 0 Å². The first kappa shape index (κ1) is 16.2. The molecule has 1 atom stereocenters. The number of rotatable bonds is 7. The first-order valence-corrected chi connectivity index (χ1v) is 7.37. The number of esters is 1. The first-order chi connectivity index (χ1) is 9.06. The van der Waals surface area contributed by atoms with Crippen LogP contribution in [0.1, 0.15) is 18.9 Å². The number of ether oxygens (including phenoxy) is 1. The molecule has 1 unspecified atom stereocenters. The molecular formula is C15H22BrNO2. The van der Waals surface area contributed by atoms with Gasteiger partial charge in [-0.05, 0) is 37.6 Å². The second kappa shape index (κ2) is 8.33. The SMILES string of the molecule is CCC(CN(C)CCc1cccc(Br)c1)C(=O)OC. The van der Waals surface area contributed by atoms with Crippen molar-refractivity contribution < 1.29 is 9.53 Å². The lowest BCUT2D eigenvalue weighted by atomic mass is 10.1. The molecule has 0 aromatic heterocycles. The Labute approximate surface area is 124 Å². The smallest absolute Gasteiger partial charge is 0.309 e. The molecule has 19 heavy (non-hydrogen) atoms. The minimum atomic E-state index is -0.114. The highest BCUT2D eigenvalue weighted by Gasteiger charge is 2.18. The molecule has 4 heteroatoms. The molecule has 3 nitrogen and oxygen atoms in total. The van der Waals surface area contributed by atoms with Crippen LogP contribution >= 0.6 is 15.9 Å². The number of hydrogen-bond donors (Lipinski definition) is 0. The van der Waals surface area contributed by atoms with Crippen molar-refractivity contribution >= 4 is 21.9 Å². The summed E-state index contributed by atoms with van der Waals surface area (Å²) >= 11 is 3.47. The molecule has 106 valence electrons. The topological polar surface area (TPSA) is 29.5 Å². The highest BCUT2D eigenvalue weighted by Crippen LogP contribution is 2.13. The molecule has 0 aliphatic rings. The Bertz CT molecular complexity index is 409. The van der Waals surface area contributed by atoms with Crippen LogP contribution in [-0.2, 0) is 16.0 Å². The van der Waals surface area contributed by atoms with E-state index >= 15 is 0 Å². The van der Waals surface area contributed by atoms with Crippen molar-refractivity contribution in [3.8, 4) is 0 Å². The summed E-state index contributed by atoms with van der Waals surface area (Å²) in [6.07, 6.45) is 1.79. The molecule has 0 heterocycles. The maximum atomic E-state index is 11.5.